The van der Waals surface area contributed by atoms with Gasteiger partial charge in [0.05, 0.1) is 5.41 Å². The number of hydrogen-bond donors (Lipinski definition) is 1. The Kier molecular flexibility index (Phi) is 3.74. The SMILES string of the molecule is O=C(N1CC(CO)C1)C1(c2ccc(Cl)cc2)CCCC1. The van der Waals surface area contributed by atoms with E-state index in [2.05, 4.69) is 0 Å². The second kappa shape index (κ2) is 5.38. The molecule has 0 spiro atoms. The zero-order chi connectivity index (χ0) is 14.2. The van der Waals surface area contributed by atoms with E-state index in [1.54, 1.807) is 0 Å². The van der Waals surface area contributed by atoms with Gasteiger partial charge < -0.3 is 10.0 Å². The highest BCUT2D eigenvalue weighted by Gasteiger charge is 2.47. The topological polar surface area (TPSA) is 40.5 Å². The minimum Gasteiger partial charge on any atom is -0.396 e. The van der Waals surface area contributed by atoms with E-state index < -0.39 is 0 Å². The summed E-state index contributed by atoms with van der Waals surface area (Å²) in [7, 11) is 0. The van der Waals surface area contributed by atoms with Gasteiger partial charge in [-0.2, -0.15) is 0 Å². The number of amides is 1. The van der Waals surface area contributed by atoms with Crippen LogP contribution in [0.1, 0.15) is 31.2 Å². The zero-order valence-electron chi connectivity index (χ0n) is 11.5. The van der Waals surface area contributed by atoms with E-state index in [4.69, 9.17) is 16.7 Å². The van der Waals surface area contributed by atoms with Crippen LogP contribution in [0.15, 0.2) is 24.3 Å². The Labute approximate surface area is 124 Å². The van der Waals surface area contributed by atoms with E-state index >= 15 is 0 Å². The van der Waals surface area contributed by atoms with Gasteiger partial charge in [0.25, 0.3) is 0 Å². The van der Waals surface area contributed by atoms with Gasteiger partial charge in [0.15, 0.2) is 0 Å². The number of carbonyl (C=O) groups excluding carboxylic acids is 1. The van der Waals surface area contributed by atoms with E-state index in [0.29, 0.717) is 18.1 Å². The first kappa shape index (κ1) is 13.9. The quantitative estimate of drug-likeness (QED) is 0.930. The fraction of sp³-hybridized carbons (Fsp3) is 0.562. The molecule has 1 amide bonds. The third-order valence-electron chi connectivity index (χ3n) is 4.77. The maximum absolute atomic E-state index is 12.9. The Morgan fingerprint density at radius 1 is 1.25 bits per heavy atom. The lowest BCUT2D eigenvalue weighted by atomic mass is 9.76. The van der Waals surface area contributed by atoms with Crippen molar-refractivity contribution in [1.29, 1.82) is 0 Å². The molecule has 2 fully saturated rings. The summed E-state index contributed by atoms with van der Waals surface area (Å²) in [5.41, 5.74) is 0.738. The predicted octanol–water partition coefficient (Wildman–Crippen LogP) is 2.60. The van der Waals surface area contributed by atoms with Crippen LogP contribution in [0.4, 0.5) is 0 Å². The molecule has 3 rings (SSSR count). The van der Waals surface area contributed by atoms with Crippen molar-refractivity contribution in [3.05, 3.63) is 34.9 Å². The number of nitrogens with zero attached hydrogens (tertiary/aromatic N) is 1. The van der Waals surface area contributed by atoms with Crippen LogP contribution in [-0.2, 0) is 10.2 Å². The lowest BCUT2D eigenvalue weighted by Gasteiger charge is -2.43. The molecule has 1 aliphatic carbocycles. The van der Waals surface area contributed by atoms with Crippen molar-refractivity contribution in [1.82, 2.24) is 4.90 Å². The van der Waals surface area contributed by atoms with Crippen LogP contribution in [0.2, 0.25) is 5.02 Å². The van der Waals surface area contributed by atoms with Crippen molar-refractivity contribution in [2.45, 2.75) is 31.1 Å². The standard InChI is InChI=1S/C16H20ClNO2/c17-14-5-3-13(4-6-14)16(7-1-2-8-16)15(20)18-9-12(10-18)11-19/h3-6,12,19H,1-2,7-11H2. The Balaban J connectivity index is 1.85. The molecule has 2 aliphatic rings. The Bertz CT molecular complexity index is 488. The van der Waals surface area contributed by atoms with Crippen LogP contribution in [-0.4, -0.2) is 35.6 Å². The number of rotatable bonds is 3. The molecular formula is C16H20ClNO2. The first-order valence-corrected chi connectivity index (χ1v) is 7.70. The number of halogens is 1. The summed E-state index contributed by atoms with van der Waals surface area (Å²) in [5.74, 6) is 0.504. The van der Waals surface area contributed by atoms with E-state index in [-0.39, 0.29) is 23.8 Å². The molecule has 0 unspecified atom stereocenters. The fourth-order valence-electron chi connectivity index (χ4n) is 3.53. The summed E-state index contributed by atoms with van der Waals surface area (Å²) in [5, 5.41) is 9.82. The first-order chi connectivity index (χ1) is 9.65. The third kappa shape index (κ3) is 2.23. The normalized spacial score (nSPS) is 21.8. The van der Waals surface area contributed by atoms with Crippen molar-refractivity contribution in [3.8, 4) is 0 Å². The minimum absolute atomic E-state index is 0.178. The second-order valence-electron chi connectivity index (χ2n) is 6.05. The van der Waals surface area contributed by atoms with Crippen LogP contribution in [0.3, 0.4) is 0 Å². The summed E-state index contributed by atoms with van der Waals surface area (Å²) in [4.78, 5) is 14.8. The zero-order valence-corrected chi connectivity index (χ0v) is 12.3. The Hall–Kier alpha value is -1.06. The maximum atomic E-state index is 12.9. The molecule has 0 aromatic heterocycles. The molecule has 0 bridgehead atoms. The van der Waals surface area contributed by atoms with Gasteiger partial charge in [-0.25, -0.2) is 0 Å². The molecule has 1 aromatic rings. The van der Waals surface area contributed by atoms with Crippen molar-refractivity contribution in [3.63, 3.8) is 0 Å². The van der Waals surface area contributed by atoms with Gasteiger partial charge in [-0.05, 0) is 30.5 Å². The van der Waals surface area contributed by atoms with Crippen LogP contribution < -0.4 is 0 Å². The molecular weight excluding hydrogens is 274 g/mol. The molecule has 4 heteroatoms. The van der Waals surface area contributed by atoms with Gasteiger partial charge in [-0.3, -0.25) is 4.79 Å². The van der Waals surface area contributed by atoms with Crippen LogP contribution in [0, 0.1) is 5.92 Å². The van der Waals surface area contributed by atoms with E-state index in [1.165, 1.54) is 0 Å². The number of hydrogen-bond acceptors (Lipinski definition) is 2. The smallest absolute Gasteiger partial charge is 0.233 e. The number of aliphatic hydroxyl groups is 1. The predicted molar refractivity (Wildman–Crippen MR) is 78.8 cm³/mol. The van der Waals surface area contributed by atoms with Crippen LogP contribution >= 0.6 is 11.6 Å². The molecule has 3 nitrogen and oxygen atoms in total. The summed E-state index contributed by atoms with van der Waals surface area (Å²) in [6.45, 7) is 1.58. The van der Waals surface area contributed by atoms with Gasteiger partial charge in [0.2, 0.25) is 5.91 Å². The third-order valence-corrected chi connectivity index (χ3v) is 5.02. The lowest BCUT2D eigenvalue weighted by Crippen LogP contribution is -2.57. The average Bonchev–Trinajstić information content (AvgIpc) is 2.89. The summed E-state index contributed by atoms with van der Waals surface area (Å²) < 4.78 is 0. The second-order valence-corrected chi connectivity index (χ2v) is 6.49. The minimum atomic E-state index is -0.356. The highest BCUT2D eigenvalue weighted by molar-refractivity contribution is 6.30. The number of aliphatic hydroxyl groups excluding tert-OH is 1. The number of carbonyl (C=O) groups is 1. The number of likely N-dealkylation sites (tertiary alicyclic amines) is 1. The van der Waals surface area contributed by atoms with E-state index in [1.807, 2.05) is 29.2 Å². The van der Waals surface area contributed by atoms with Crippen molar-refractivity contribution < 1.29 is 9.90 Å². The number of benzene rings is 1. The van der Waals surface area contributed by atoms with Crippen molar-refractivity contribution in [2.24, 2.45) is 5.92 Å². The molecule has 1 aliphatic heterocycles. The van der Waals surface area contributed by atoms with Crippen molar-refractivity contribution in [2.75, 3.05) is 19.7 Å². The largest absolute Gasteiger partial charge is 0.396 e. The average molecular weight is 294 g/mol. The molecule has 1 heterocycles. The first-order valence-electron chi connectivity index (χ1n) is 7.32. The molecule has 1 aromatic carbocycles. The fourth-order valence-corrected chi connectivity index (χ4v) is 3.65. The van der Waals surface area contributed by atoms with Gasteiger partial charge in [-0.15, -0.1) is 0 Å². The molecule has 108 valence electrons. The highest BCUT2D eigenvalue weighted by Crippen LogP contribution is 2.43. The summed E-state index contributed by atoms with van der Waals surface area (Å²) >= 11 is 5.96. The lowest BCUT2D eigenvalue weighted by molar-refractivity contribution is -0.144. The van der Waals surface area contributed by atoms with Gasteiger partial charge in [0, 0.05) is 30.6 Å². The molecule has 20 heavy (non-hydrogen) atoms. The maximum Gasteiger partial charge on any atom is 0.233 e. The monoisotopic (exact) mass is 293 g/mol. The van der Waals surface area contributed by atoms with Crippen LogP contribution in [0.5, 0.6) is 0 Å². The molecule has 0 atom stereocenters. The molecule has 1 saturated heterocycles. The van der Waals surface area contributed by atoms with Gasteiger partial charge in [0.1, 0.15) is 0 Å². The highest BCUT2D eigenvalue weighted by atomic mass is 35.5. The van der Waals surface area contributed by atoms with Crippen molar-refractivity contribution >= 4 is 17.5 Å². The van der Waals surface area contributed by atoms with E-state index in [0.717, 1.165) is 31.2 Å². The molecule has 1 N–H and O–H groups in total. The van der Waals surface area contributed by atoms with E-state index in [9.17, 15) is 4.79 Å². The van der Waals surface area contributed by atoms with Gasteiger partial charge >= 0.3 is 0 Å². The van der Waals surface area contributed by atoms with Crippen LogP contribution in [0.25, 0.3) is 0 Å². The summed E-state index contributed by atoms with van der Waals surface area (Å²) in [6.07, 6.45) is 4.05. The molecule has 1 saturated carbocycles. The Morgan fingerprint density at radius 2 is 1.85 bits per heavy atom. The summed E-state index contributed by atoms with van der Waals surface area (Å²) in [6, 6.07) is 7.73. The van der Waals surface area contributed by atoms with Gasteiger partial charge in [-0.1, -0.05) is 36.6 Å². The molecule has 0 radical (unpaired) electrons. The Morgan fingerprint density at radius 3 is 2.40 bits per heavy atom.